The van der Waals surface area contributed by atoms with E-state index in [1.54, 1.807) is 6.34 Å². The fourth-order valence-corrected chi connectivity index (χ4v) is 3.55. The Morgan fingerprint density at radius 2 is 2.04 bits per heavy atom. The minimum Gasteiger partial charge on any atom is -0.393 e. The van der Waals surface area contributed by atoms with E-state index >= 15 is 0 Å². The molecule has 3 nitrogen and oxygen atoms in total. The van der Waals surface area contributed by atoms with Gasteiger partial charge in [-0.25, -0.2) is 4.99 Å². The van der Waals surface area contributed by atoms with Crippen LogP contribution in [-0.2, 0) is 5.41 Å². The number of nitrogens with zero attached hydrogens (tertiary/aromatic N) is 2. The summed E-state index contributed by atoms with van der Waals surface area (Å²) in [6.45, 7) is 6.46. The van der Waals surface area contributed by atoms with Gasteiger partial charge in [0.2, 0.25) is 0 Å². The van der Waals surface area contributed by atoms with Crippen LogP contribution in [0.3, 0.4) is 0 Å². The molecule has 0 spiro atoms. The SMILES string of the molecule is C=CCC1(c2ccc3cc(C=CCCCC(C)O)ccc3c2)C=NC=NC1. The number of fused-ring (bicyclic) bond motifs is 1. The van der Waals surface area contributed by atoms with Gasteiger partial charge >= 0.3 is 0 Å². The van der Waals surface area contributed by atoms with Gasteiger partial charge in [0.05, 0.1) is 18.1 Å². The Labute approximate surface area is 161 Å². The van der Waals surface area contributed by atoms with E-state index < -0.39 is 0 Å². The molecule has 1 aliphatic rings. The Morgan fingerprint density at radius 3 is 2.78 bits per heavy atom. The van der Waals surface area contributed by atoms with Gasteiger partial charge in [0.1, 0.15) is 6.34 Å². The lowest BCUT2D eigenvalue weighted by atomic mass is 9.77. The third kappa shape index (κ3) is 4.81. The molecule has 1 N–H and O–H groups in total. The van der Waals surface area contributed by atoms with Crippen molar-refractivity contribution in [1.29, 1.82) is 0 Å². The van der Waals surface area contributed by atoms with Gasteiger partial charge in [-0.2, -0.15) is 0 Å². The molecular weight excluding hydrogens is 332 g/mol. The summed E-state index contributed by atoms with van der Waals surface area (Å²) >= 11 is 0. The molecule has 1 aliphatic heterocycles. The molecule has 140 valence electrons. The Hall–Kier alpha value is -2.52. The molecule has 27 heavy (non-hydrogen) atoms. The van der Waals surface area contributed by atoms with E-state index in [4.69, 9.17) is 0 Å². The highest BCUT2D eigenvalue weighted by molar-refractivity contribution is 5.89. The van der Waals surface area contributed by atoms with Crippen LogP contribution in [-0.4, -0.2) is 30.3 Å². The van der Waals surface area contributed by atoms with Crippen LogP contribution in [0.4, 0.5) is 0 Å². The molecule has 3 rings (SSSR count). The molecule has 0 radical (unpaired) electrons. The Kier molecular flexibility index (Phi) is 6.36. The van der Waals surface area contributed by atoms with E-state index in [1.807, 2.05) is 19.2 Å². The molecule has 0 fully saturated rings. The topological polar surface area (TPSA) is 45.0 Å². The number of allylic oxidation sites excluding steroid dienone is 2. The normalized spacial score (nSPS) is 20.4. The number of hydrogen-bond donors (Lipinski definition) is 1. The fourth-order valence-electron chi connectivity index (χ4n) is 3.55. The lowest BCUT2D eigenvalue weighted by Crippen LogP contribution is -2.33. The lowest BCUT2D eigenvalue weighted by Gasteiger charge is -2.29. The van der Waals surface area contributed by atoms with E-state index in [9.17, 15) is 5.11 Å². The number of aliphatic imine (C=N–C) groups is 2. The first kappa shape index (κ1) is 19.2. The van der Waals surface area contributed by atoms with Crippen molar-refractivity contribution in [1.82, 2.24) is 0 Å². The quantitative estimate of drug-likeness (QED) is 0.502. The largest absolute Gasteiger partial charge is 0.393 e. The monoisotopic (exact) mass is 360 g/mol. The number of aliphatic hydroxyl groups excluding tert-OH is 1. The van der Waals surface area contributed by atoms with Gasteiger partial charge in [0.25, 0.3) is 0 Å². The average Bonchev–Trinajstić information content (AvgIpc) is 2.68. The minimum absolute atomic E-state index is 0.187. The molecule has 1 heterocycles. The van der Waals surface area contributed by atoms with Crippen LogP contribution in [0.2, 0.25) is 0 Å². The van der Waals surface area contributed by atoms with Crippen LogP contribution < -0.4 is 0 Å². The third-order valence-electron chi connectivity index (χ3n) is 5.09. The summed E-state index contributed by atoms with van der Waals surface area (Å²) in [6, 6.07) is 13.2. The van der Waals surface area contributed by atoms with Gasteiger partial charge in [0.15, 0.2) is 0 Å². The predicted molar refractivity (Wildman–Crippen MR) is 117 cm³/mol. The van der Waals surface area contributed by atoms with Gasteiger partial charge in [-0.1, -0.05) is 48.6 Å². The first-order chi connectivity index (χ1) is 13.1. The zero-order valence-electron chi connectivity index (χ0n) is 16.0. The van der Waals surface area contributed by atoms with E-state index in [0.717, 1.165) is 25.7 Å². The number of benzene rings is 2. The van der Waals surface area contributed by atoms with Crippen LogP contribution in [0.5, 0.6) is 0 Å². The van der Waals surface area contributed by atoms with E-state index in [0.29, 0.717) is 6.54 Å². The smallest absolute Gasteiger partial charge is 0.109 e. The third-order valence-corrected chi connectivity index (χ3v) is 5.09. The number of rotatable bonds is 8. The molecule has 0 saturated carbocycles. The van der Waals surface area contributed by atoms with Crippen LogP contribution in [0.25, 0.3) is 16.8 Å². The van der Waals surface area contributed by atoms with Gasteiger partial charge in [-0.05, 0) is 60.6 Å². The highest BCUT2D eigenvalue weighted by Gasteiger charge is 2.30. The second kappa shape index (κ2) is 8.92. The summed E-state index contributed by atoms with van der Waals surface area (Å²) in [5, 5.41) is 11.8. The van der Waals surface area contributed by atoms with Crippen LogP contribution in [0, 0.1) is 0 Å². The van der Waals surface area contributed by atoms with Gasteiger partial charge in [-0.3, -0.25) is 4.99 Å². The molecule has 3 heteroatoms. The molecule has 2 aromatic rings. The first-order valence-corrected chi connectivity index (χ1v) is 9.65. The summed E-state index contributed by atoms with van der Waals surface area (Å²) in [4.78, 5) is 8.67. The zero-order valence-corrected chi connectivity index (χ0v) is 16.0. The minimum atomic E-state index is -0.211. The first-order valence-electron chi connectivity index (χ1n) is 9.65. The van der Waals surface area contributed by atoms with Gasteiger partial charge in [-0.15, -0.1) is 6.58 Å². The molecule has 2 unspecified atom stereocenters. The molecule has 2 aromatic carbocycles. The highest BCUT2D eigenvalue weighted by atomic mass is 16.3. The van der Waals surface area contributed by atoms with Crippen molar-refractivity contribution in [2.45, 2.75) is 44.1 Å². The molecule has 2 atom stereocenters. The Bertz CT molecular complexity index is 875. The summed E-state index contributed by atoms with van der Waals surface area (Å²) in [7, 11) is 0. The van der Waals surface area contributed by atoms with Gasteiger partial charge in [0, 0.05) is 6.21 Å². The van der Waals surface area contributed by atoms with Crippen molar-refractivity contribution in [2.24, 2.45) is 9.98 Å². The van der Waals surface area contributed by atoms with Gasteiger partial charge < -0.3 is 5.11 Å². The lowest BCUT2D eigenvalue weighted by molar-refractivity contribution is 0.182. The summed E-state index contributed by atoms with van der Waals surface area (Å²) in [5.74, 6) is 0. The van der Waals surface area contributed by atoms with E-state index in [-0.39, 0.29) is 11.5 Å². The fraction of sp³-hybridized carbons (Fsp3) is 0.333. The van der Waals surface area contributed by atoms with Crippen molar-refractivity contribution in [2.75, 3.05) is 6.54 Å². The average molecular weight is 361 g/mol. The van der Waals surface area contributed by atoms with E-state index in [2.05, 4.69) is 65.1 Å². The Balaban J connectivity index is 1.79. The van der Waals surface area contributed by atoms with Crippen LogP contribution in [0.1, 0.15) is 43.7 Å². The van der Waals surface area contributed by atoms with Crippen molar-refractivity contribution < 1.29 is 5.11 Å². The molecule has 0 bridgehead atoms. The predicted octanol–water partition coefficient (Wildman–Crippen LogP) is 5.33. The molecule has 0 saturated heterocycles. The van der Waals surface area contributed by atoms with E-state index in [1.165, 1.54) is 21.9 Å². The molecule has 0 amide bonds. The summed E-state index contributed by atoms with van der Waals surface area (Å²) < 4.78 is 0. The maximum absolute atomic E-state index is 9.31. The Morgan fingerprint density at radius 1 is 1.22 bits per heavy atom. The maximum atomic E-state index is 9.31. The number of unbranched alkanes of at least 4 members (excludes halogenated alkanes) is 1. The zero-order chi connectivity index (χ0) is 19.1. The second-order valence-electron chi connectivity index (χ2n) is 7.39. The summed E-state index contributed by atoms with van der Waals surface area (Å²) in [5.41, 5.74) is 2.25. The van der Waals surface area contributed by atoms with Crippen molar-refractivity contribution in [3.05, 3.63) is 66.3 Å². The second-order valence-corrected chi connectivity index (χ2v) is 7.39. The molecule has 0 aromatic heterocycles. The molecule has 0 aliphatic carbocycles. The number of hydrogen-bond acceptors (Lipinski definition) is 3. The number of aliphatic hydroxyl groups is 1. The van der Waals surface area contributed by atoms with Crippen LogP contribution >= 0.6 is 0 Å². The maximum Gasteiger partial charge on any atom is 0.109 e. The van der Waals surface area contributed by atoms with Crippen molar-refractivity contribution in [3.63, 3.8) is 0 Å². The highest BCUT2D eigenvalue weighted by Crippen LogP contribution is 2.31. The van der Waals surface area contributed by atoms with Crippen LogP contribution in [0.15, 0.2) is 65.1 Å². The van der Waals surface area contributed by atoms with Crippen molar-refractivity contribution in [3.8, 4) is 0 Å². The summed E-state index contributed by atoms with van der Waals surface area (Å²) in [6.07, 6.45) is 13.4. The van der Waals surface area contributed by atoms with Crippen molar-refractivity contribution >= 4 is 29.4 Å². The standard InChI is InChI=1S/C24H28N2O/c1-3-13-24(16-25-18-26-17-24)23-12-11-21-14-20(9-10-22(21)15-23)8-6-4-5-7-19(2)27/h3,6,8-12,14-16,18-19,27H,1,4-5,7,13,17H2,2H3. The molecular formula is C24H28N2O.